The number of ether oxygens (including phenoxy) is 1. The third-order valence-corrected chi connectivity index (χ3v) is 3.01. The number of para-hydroxylation sites is 1. The van der Waals surface area contributed by atoms with Gasteiger partial charge < -0.3 is 15.2 Å². The lowest BCUT2D eigenvalue weighted by Crippen LogP contribution is -2.14. The molecule has 21 heavy (non-hydrogen) atoms. The van der Waals surface area contributed by atoms with E-state index in [-0.39, 0.29) is 5.56 Å². The Hall–Kier alpha value is -2.14. The Bertz CT molecular complexity index is 626. The van der Waals surface area contributed by atoms with Crippen molar-refractivity contribution in [2.24, 2.45) is 5.92 Å². The minimum Gasteiger partial charge on any atom is -0.478 e. The summed E-state index contributed by atoms with van der Waals surface area (Å²) in [6.07, 6.45) is 1.39. The molecule has 2 aromatic rings. The number of anilines is 1. The Morgan fingerprint density at radius 3 is 2.86 bits per heavy atom. The zero-order chi connectivity index (χ0) is 15.2. The SMILES string of the molecule is CC(C)COCCNc1c(C(=O)O)cnc2ccccc12. The fourth-order valence-electron chi connectivity index (χ4n) is 2.06. The number of pyridine rings is 1. The molecule has 1 aromatic heterocycles. The normalized spacial score (nSPS) is 11.0. The predicted molar refractivity (Wildman–Crippen MR) is 82.8 cm³/mol. The number of nitrogens with one attached hydrogen (secondary N) is 1. The number of aromatic carboxylic acids is 1. The molecule has 0 saturated carbocycles. The first-order valence-electron chi connectivity index (χ1n) is 7.02. The fourth-order valence-corrected chi connectivity index (χ4v) is 2.06. The smallest absolute Gasteiger partial charge is 0.339 e. The van der Waals surface area contributed by atoms with Gasteiger partial charge in [0.05, 0.1) is 17.8 Å². The summed E-state index contributed by atoms with van der Waals surface area (Å²) in [5.74, 6) is -0.500. The van der Waals surface area contributed by atoms with Gasteiger partial charge in [-0.05, 0) is 12.0 Å². The molecule has 5 heteroatoms. The van der Waals surface area contributed by atoms with E-state index in [2.05, 4.69) is 24.1 Å². The fraction of sp³-hybridized carbons (Fsp3) is 0.375. The minimum absolute atomic E-state index is 0.178. The molecule has 0 saturated heterocycles. The highest BCUT2D eigenvalue weighted by molar-refractivity contribution is 6.04. The molecular weight excluding hydrogens is 268 g/mol. The summed E-state index contributed by atoms with van der Waals surface area (Å²) in [5.41, 5.74) is 1.55. The first-order chi connectivity index (χ1) is 10.1. The predicted octanol–water partition coefficient (Wildman–Crippen LogP) is 3.02. The van der Waals surface area contributed by atoms with Gasteiger partial charge >= 0.3 is 5.97 Å². The first-order valence-corrected chi connectivity index (χ1v) is 7.02. The Kier molecular flexibility index (Phi) is 5.11. The Balaban J connectivity index is 2.16. The van der Waals surface area contributed by atoms with E-state index in [1.807, 2.05) is 24.3 Å². The topological polar surface area (TPSA) is 71.5 Å². The monoisotopic (exact) mass is 288 g/mol. The maximum absolute atomic E-state index is 11.3. The number of carboxylic acids is 1. The summed E-state index contributed by atoms with van der Waals surface area (Å²) in [5, 5.41) is 13.3. The van der Waals surface area contributed by atoms with Crippen LogP contribution < -0.4 is 5.32 Å². The molecule has 1 heterocycles. The van der Waals surface area contributed by atoms with Crippen LogP contribution in [0.25, 0.3) is 10.9 Å². The number of fused-ring (bicyclic) bond motifs is 1. The number of hydrogen-bond donors (Lipinski definition) is 2. The van der Waals surface area contributed by atoms with Crippen LogP contribution in [-0.4, -0.2) is 35.8 Å². The van der Waals surface area contributed by atoms with Gasteiger partial charge in [0.25, 0.3) is 0 Å². The van der Waals surface area contributed by atoms with Crippen molar-refractivity contribution < 1.29 is 14.6 Å². The number of carboxylic acid groups (broad SMARTS) is 1. The number of carbonyl (C=O) groups is 1. The van der Waals surface area contributed by atoms with Gasteiger partial charge in [-0.2, -0.15) is 0 Å². The second kappa shape index (κ2) is 7.04. The second-order valence-electron chi connectivity index (χ2n) is 5.26. The summed E-state index contributed by atoms with van der Waals surface area (Å²) in [7, 11) is 0. The Labute approximate surface area is 124 Å². The molecule has 2 rings (SSSR count). The van der Waals surface area contributed by atoms with E-state index in [9.17, 15) is 9.90 Å². The van der Waals surface area contributed by atoms with Crippen LogP contribution in [0.4, 0.5) is 5.69 Å². The molecule has 5 nitrogen and oxygen atoms in total. The molecule has 2 N–H and O–H groups in total. The molecule has 0 aliphatic heterocycles. The van der Waals surface area contributed by atoms with Crippen molar-refractivity contribution in [2.45, 2.75) is 13.8 Å². The average molecular weight is 288 g/mol. The van der Waals surface area contributed by atoms with Crippen LogP contribution in [0.15, 0.2) is 30.5 Å². The highest BCUT2D eigenvalue weighted by atomic mass is 16.5. The van der Waals surface area contributed by atoms with Crippen LogP contribution in [0, 0.1) is 5.92 Å². The van der Waals surface area contributed by atoms with Crippen LogP contribution >= 0.6 is 0 Å². The molecular formula is C16H20N2O3. The first kappa shape index (κ1) is 15.3. The molecule has 0 spiro atoms. The van der Waals surface area contributed by atoms with Gasteiger partial charge in [-0.25, -0.2) is 4.79 Å². The van der Waals surface area contributed by atoms with E-state index in [4.69, 9.17) is 4.74 Å². The molecule has 0 bridgehead atoms. The molecule has 0 aliphatic carbocycles. The molecule has 0 radical (unpaired) electrons. The van der Waals surface area contributed by atoms with Crippen molar-refractivity contribution in [1.29, 1.82) is 0 Å². The van der Waals surface area contributed by atoms with Crippen LogP contribution in [-0.2, 0) is 4.74 Å². The standard InChI is InChI=1S/C16H20N2O3/c1-11(2)10-21-8-7-17-15-12-5-3-4-6-14(12)18-9-13(15)16(19)20/h3-6,9,11H,7-8,10H2,1-2H3,(H,17,18)(H,19,20). The number of rotatable bonds is 7. The zero-order valence-corrected chi connectivity index (χ0v) is 12.3. The molecule has 0 aliphatic rings. The van der Waals surface area contributed by atoms with Gasteiger partial charge in [0.15, 0.2) is 0 Å². The number of nitrogens with zero attached hydrogens (tertiary/aromatic N) is 1. The number of aromatic nitrogens is 1. The maximum Gasteiger partial charge on any atom is 0.339 e. The van der Waals surface area contributed by atoms with Crippen molar-refractivity contribution in [3.05, 3.63) is 36.0 Å². The van der Waals surface area contributed by atoms with Gasteiger partial charge in [-0.15, -0.1) is 0 Å². The maximum atomic E-state index is 11.3. The van der Waals surface area contributed by atoms with Crippen molar-refractivity contribution in [1.82, 2.24) is 4.98 Å². The van der Waals surface area contributed by atoms with Gasteiger partial charge in [-0.1, -0.05) is 32.0 Å². The highest BCUT2D eigenvalue weighted by Crippen LogP contribution is 2.25. The lowest BCUT2D eigenvalue weighted by Gasteiger charge is -2.13. The van der Waals surface area contributed by atoms with E-state index >= 15 is 0 Å². The van der Waals surface area contributed by atoms with Crippen LogP contribution in [0.3, 0.4) is 0 Å². The highest BCUT2D eigenvalue weighted by Gasteiger charge is 2.13. The van der Waals surface area contributed by atoms with Crippen molar-refractivity contribution in [3.63, 3.8) is 0 Å². The van der Waals surface area contributed by atoms with E-state index in [1.165, 1.54) is 6.20 Å². The molecule has 1 aromatic carbocycles. The van der Waals surface area contributed by atoms with Crippen molar-refractivity contribution in [2.75, 3.05) is 25.1 Å². The molecule has 112 valence electrons. The third kappa shape index (κ3) is 3.92. The summed E-state index contributed by atoms with van der Waals surface area (Å²) >= 11 is 0. The lowest BCUT2D eigenvalue weighted by atomic mass is 10.1. The van der Waals surface area contributed by atoms with Crippen molar-refractivity contribution in [3.8, 4) is 0 Å². The van der Waals surface area contributed by atoms with Gasteiger partial charge in [0.2, 0.25) is 0 Å². The molecule has 0 fully saturated rings. The quantitative estimate of drug-likeness (QED) is 0.766. The minimum atomic E-state index is -0.987. The summed E-state index contributed by atoms with van der Waals surface area (Å²) in [4.78, 5) is 15.5. The summed E-state index contributed by atoms with van der Waals surface area (Å²) in [6, 6.07) is 7.48. The third-order valence-electron chi connectivity index (χ3n) is 3.01. The van der Waals surface area contributed by atoms with Gasteiger partial charge in [0.1, 0.15) is 5.56 Å². The second-order valence-corrected chi connectivity index (χ2v) is 5.26. The molecule has 0 atom stereocenters. The van der Waals surface area contributed by atoms with Crippen molar-refractivity contribution >= 4 is 22.6 Å². The lowest BCUT2D eigenvalue weighted by molar-refractivity contribution is 0.0697. The molecule has 0 unspecified atom stereocenters. The van der Waals surface area contributed by atoms with E-state index in [0.717, 1.165) is 10.9 Å². The average Bonchev–Trinajstić information content (AvgIpc) is 2.46. The summed E-state index contributed by atoms with van der Waals surface area (Å²) < 4.78 is 5.50. The Morgan fingerprint density at radius 1 is 1.38 bits per heavy atom. The van der Waals surface area contributed by atoms with Gasteiger partial charge in [-0.3, -0.25) is 4.98 Å². The van der Waals surface area contributed by atoms with Crippen LogP contribution in [0.5, 0.6) is 0 Å². The summed E-state index contributed by atoms with van der Waals surface area (Å²) in [6.45, 7) is 5.97. The molecule has 0 amide bonds. The van der Waals surface area contributed by atoms with Crippen LogP contribution in [0.1, 0.15) is 24.2 Å². The van der Waals surface area contributed by atoms with Crippen LogP contribution in [0.2, 0.25) is 0 Å². The number of benzene rings is 1. The zero-order valence-electron chi connectivity index (χ0n) is 12.3. The van der Waals surface area contributed by atoms with E-state index in [0.29, 0.717) is 31.4 Å². The Morgan fingerprint density at radius 2 is 2.14 bits per heavy atom. The van der Waals surface area contributed by atoms with Gasteiger partial charge in [0, 0.05) is 24.7 Å². The van der Waals surface area contributed by atoms with E-state index in [1.54, 1.807) is 0 Å². The number of hydrogen-bond acceptors (Lipinski definition) is 4. The largest absolute Gasteiger partial charge is 0.478 e. The van der Waals surface area contributed by atoms with E-state index < -0.39 is 5.97 Å².